The molecule has 0 unspecified atom stereocenters. The maximum Gasteiger partial charge on any atom is 0.257 e. The first-order valence-electron chi connectivity index (χ1n) is 11.3. The van der Waals surface area contributed by atoms with Crippen LogP contribution in [0.3, 0.4) is 0 Å². The average molecular weight is 465 g/mol. The molecule has 0 aliphatic carbocycles. The van der Waals surface area contributed by atoms with Gasteiger partial charge in [-0.2, -0.15) is 0 Å². The van der Waals surface area contributed by atoms with Gasteiger partial charge in [-0.05, 0) is 65.1 Å². The van der Waals surface area contributed by atoms with Crippen LogP contribution >= 0.6 is 11.3 Å². The number of carbonyl (C=O) groups is 2. The number of carbonyl (C=O) groups excluding carboxylic acids is 2. The van der Waals surface area contributed by atoms with Crippen molar-refractivity contribution in [1.82, 2.24) is 4.98 Å². The van der Waals surface area contributed by atoms with Crippen LogP contribution in [0.2, 0.25) is 0 Å². The fourth-order valence-corrected chi connectivity index (χ4v) is 4.92. The molecule has 0 aliphatic heterocycles. The van der Waals surface area contributed by atoms with Gasteiger partial charge < -0.3 is 0 Å². The van der Waals surface area contributed by atoms with Gasteiger partial charge in [0.15, 0.2) is 5.13 Å². The lowest BCUT2D eigenvalue weighted by atomic mass is 9.99. The Morgan fingerprint density at radius 2 is 1.71 bits per heavy atom. The van der Waals surface area contributed by atoms with Crippen LogP contribution in [0, 0.1) is 6.92 Å². The lowest BCUT2D eigenvalue weighted by molar-refractivity contribution is -0.118. The summed E-state index contributed by atoms with van der Waals surface area (Å²) in [5.74, 6) is -0.00461. The van der Waals surface area contributed by atoms with Crippen molar-refractivity contribution in [3.63, 3.8) is 0 Å². The van der Waals surface area contributed by atoms with Crippen LogP contribution in [0.15, 0.2) is 84.9 Å². The Labute approximate surface area is 202 Å². The molecular weight excluding hydrogens is 440 g/mol. The number of anilines is 1. The number of aryl methyl sites for hydroxylation is 2. The molecule has 168 valence electrons. The molecule has 0 fully saturated rings. The zero-order chi connectivity index (χ0) is 23.5. The van der Waals surface area contributed by atoms with E-state index in [0.717, 1.165) is 32.3 Å². The molecular formula is C29H24N2O2S. The van der Waals surface area contributed by atoms with Gasteiger partial charge in [-0.3, -0.25) is 14.9 Å². The van der Waals surface area contributed by atoms with Crippen molar-refractivity contribution in [2.24, 2.45) is 0 Å². The molecule has 1 N–H and O–H groups in total. The summed E-state index contributed by atoms with van der Waals surface area (Å²) < 4.78 is 1.04. The number of thiazole rings is 1. The minimum atomic E-state index is -0.194. The number of hydrogen-bond acceptors (Lipinski definition) is 4. The number of aromatic nitrogens is 1. The first-order chi connectivity index (χ1) is 16.5. The van der Waals surface area contributed by atoms with E-state index in [4.69, 9.17) is 0 Å². The molecule has 5 heteroatoms. The summed E-state index contributed by atoms with van der Waals surface area (Å²) >= 11 is 1.46. The fourth-order valence-electron chi connectivity index (χ4n) is 4.08. The largest absolute Gasteiger partial charge is 0.299 e. The number of benzene rings is 4. The second-order valence-electron chi connectivity index (χ2n) is 8.54. The first-order valence-corrected chi connectivity index (χ1v) is 12.1. The maximum atomic E-state index is 12.8. The Kier molecular flexibility index (Phi) is 6.19. The van der Waals surface area contributed by atoms with Crippen molar-refractivity contribution in [1.29, 1.82) is 0 Å². The van der Waals surface area contributed by atoms with Crippen LogP contribution in [-0.4, -0.2) is 16.7 Å². The maximum absolute atomic E-state index is 12.8. The number of nitrogens with one attached hydrogen (secondary N) is 1. The zero-order valence-corrected chi connectivity index (χ0v) is 19.7. The normalized spacial score (nSPS) is 11.1. The molecule has 0 saturated carbocycles. The molecule has 4 nitrogen and oxygen atoms in total. The van der Waals surface area contributed by atoms with Crippen molar-refractivity contribution in [3.8, 4) is 0 Å². The molecule has 1 heterocycles. The van der Waals surface area contributed by atoms with Crippen LogP contribution in [0.4, 0.5) is 5.13 Å². The summed E-state index contributed by atoms with van der Waals surface area (Å²) in [6.07, 6.45) is 1.46. The van der Waals surface area contributed by atoms with E-state index in [1.807, 2.05) is 61.5 Å². The molecule has 5 aromatic rings. The van der Waals surface area contributed by atoms with Gasteiger partial charge in [0.2, 0.25) is 0 Å². The quantitative estimate of drug-likeness (QED) is 0.290. The molecule has 1 aromatic heterocycles. The molecule has 4 aromatic carbocycles. The highest BCUT2D eigenvalue weighted by Crippen LogP contribution is 2.27. The van der Waals surface area contributed by atoms with E-state index in [2.05, 4.69) is 34.6 Å². The van der Waals surface area contributed by atoms with E-state index in [1.165, 1.54) is 16.7 Å². The first kappa shape index (κ1) is 22.0. The molecule has 5 rings (SSSR count). The number of fused-ring (bicyclic) bond motifs is 2. The molecule has 34 heavy (non-hydrogen) atoms. The second-order valence-corrected chi connectivity index (χ2v) is 9.57. The van der Waals surface area contributed by atoms with Crippen molar-refractivity contribution in [2.75, 3.05) is 5.32 Å². The van der Waals surface area contributed by atoms with E-state index in [0.29, 0.717) is 30.0 Å². The summed E-state index contributed by atoms with van der Waals surface area (Å²) in [7, 11) is 0. The number of rotatable bonds is 7. The van der Waals surface area contributed by atoms with Crippen LogP contribution in [0.25, 0.3) is 21.0 Å². The number of nitrogens with zero attached hydrogens (tertiary/aromatic N) is 1. The Hall–Kier alpha value is -3.83. The SMILES string of the molecule is Cc1ccc2sc(NC(=O)c3cccc(CCC(=O)Cc4ccc5ccccc5c4)c3)nc2c1. The Balaban J connectivity index is 1.20. The molecule has 0 spiro atoms. The predicted octanol–water partition coefficient (Wildman–Crippen LogP) is 6.75. The third kappa shape index (κ3) is 5.05. The summed E-state index contributed by atoms with van der Waals surface area (Å²) in [5, 5.41) is 5.82. The van der Waals surface area contributed by atoms with Crippen LogP contribution < -0.4 is 5.32 Å². The third-order valence-electron chi connectivity index (χ3n) is 5.86. The summed E-state index contributed by atoms with van der Waals surface area (Å²) in [6.45, 7) is 2.02. The van der Waals surface area contributed by atoms with E-state index >= 15 is 0 Å². The molecule has 0 atom stereocenters. The van der Waals surface area contributed by atoms with Gasteiger partial charge in [0.05, 0.1) is 10.2 Å². The molecule has 1 amide bonds. The second kappa shape index (κ2) is 9.57. The lowest BCUT2D eigenvalue weighted by Gasteiger charge is -2.06. The zero-order valence-electron chi connectivity index (χ0n) is 18.9. The molecule has 0 aliphatic rings. The van der Waals surface area contributed by atoms with Crippen LogP contribution in [0.5, 0.6) is 0 Å². The predicted molar refractivity (Wildman–Crippen MR) is 140 cm³/mol. The highest BCUT2D eigenvalue weighted by atomic mass is 32.1. The van der Waals surface area contributed by atoms with E-state index < -0.39 is 0 Å². The molecule has 0 radical (unpaired) electrons. The Morgan fingerprint density at radius 3 is 2.59 bits per heavy atom. The van der Waals surface area contributed by atoms with Crippen LogP contribution in [-0.2, 0) is 17.6 Å². The monoisotopic (exact) mass is 464 g/mol. The van der Waals surface area contributed by atoms with E-state index in [9.17, 15) is 9.59 Å². The summed E-state index contributed by atoms with van der Waals surface area (Å²) in [6, 6.07) is 27.9. The standard InChI is InChI=1S/C29H24N2O2S/c1-19-9-14-27-26(15-19)30-29(34-27)31-28(33)24-8-4-5-20(16-24)11-13-25(32)18-21-10-12-22-6-2-3-7-23(22)17-21/h2-10,12,14-17H,11,13,18H2,1H3,(H,30,31,33). The van der Waals surface area contributed by atoms with Crippen molar-refractivity contribution < 1.29 is 9.59 Å². The van der Waals surface area contributed by atoms with Crippen molar-refractivity contribution >= 4 is 49.1 Å². The van der Waals surface area contributed by atoms with Gasteiger partial charge in [-0.1, -0.05) is 72.0 Å². The van der Waals surface area contributed by atoms with E-state index in [-0.39, 0.29) is 11.7 Å². The minimum absolute atomic E-state index is 0.190. The van der Waals surface area contributed by atoms with Gasteiger partial charge in [-0.15, -0.1) is 0 Å². The highest BCUT2D eigenvalue weighted by molar-refractivity contribution is 7.22. The van der Waals surface area contributed by atoms with Gasteiger partial charge in [0, 0.05) is 18.4 Å². The summed E-state index contributed by atoms with van der Waals surface area (Å²) in [5.41, 5.74) is 4.59. The fraction of sp³-hybridized carbons (Fsp3) is 0.138. The van der Waals surface area contributed by atoms with E-state index in [1.54, 1.807) is 6.07 Å². The Bertz CT molecular complexity index is 1520. The number of ketones is 1. The smallest absolute Gasteiger partial charge is 0.257 e. The van der Waals surface area contributed by atoms with Gasteiger partial charge >= 0.3 is 0 Å². The molecule has 0 saturated heterocycles. The number of amides is 1. The van der Waals surface area contributed by atoms with Crippen molar-refractivity contribution in [3.05, 3.63) is 107 Å². The summed E-state index contributed by atoms with van der Waals surface area (Å²) in [4.78, 5) is 29.9. The van der Waals surface area contributed by atoms with Crippen LogP contribution in [0.1, 0.15) is 33.5 Å². The van der Waals surface area contributed by atoms with Gasteiger partial charge in [0.25, 0.3) is 5.91 Å². The van der Waals surface area contributed by atoms with Gasteiger partial charge in [0.1, 0.15) is 5.78 Å². The molecule has 0 bridgehead atoms. The number of hydrogen-bond donors (Lipinski definition) is 1. The number of Topliss-reactive ketones (excluding diaryl/α,β-unsaturated/α-hetero) is 1. The third-order valence-corrected chi connectivity index (χ3v) is 6.81. The topological polar surface area (TPSA) is 59.1 Å². The van der Waals surface area contributed by atoms with Crippen molar-refractivity contribution in [2.45, 2.75) is 26.2 Å². The van der Waals surface area contributed by atoms with Gasteiger partial charge in [-0.25, -0.2) is 4.98 Å². The minimum Gasteiger partial charge on any atom is -0.299 e. The lowest BCUT2D eigenvalue weighted by Crippen LogP contribution is -2.12. The Morgan fingerprint density at radius 1 is 0.853 bits per heavy atom. The highest BCUT2D eigenvalue weighted by Gasteiger charge is 2.12. The average Bonchev–Trinajstić information content (AvgIpc) is 3.24.